The number of phenols is 3. The van der Waals surface area contributed by atoms with Crippen LogP contribution in [0.2, 0.25) is 0 Å². The Morgan fingerprint density at radius 3 is 1.40 bits per heavy atom. The number of phenolic OH excluding ortho intramolecular Hbond substituents is 3. The molecule has 0 unspecified atom stereocenters. The van der Waals surface area contributed by atoms with Gasteiger partial charge in [-0.1, -0.05) is 24.3 Å². The zero-order chi connectivity index (χ0) is 46.8. The summed E-state index contributed by atoms with van der Waals surface area (Å²) in [5, 5.41) is 57.6. The fraction of sp³-hybridized carbons (Fsp3) is 0. The Balaban J connectivity index is 1.23. The Morgan fingerprint density at radius 2 is 0.815 bits per heavy atom. The Hall–Kier alpha value is -7.36. The molecule has 0 aliphatic heterocycles. The van der Waals surface area contributed by atoms with Crippen LogP contribution in [-0.4, -0.2) is 67.2 Å². The van der Waals surface area contributed by atoms with E-state index in [4.69, 9.17) is 0 Å². The van der Waals surface area contributed by atoms with Gasteiger partial charge in [-0.2, -0.15) is 38.8 Å². The van der Waals surface area contributed by atoms with E-state index in [0.717, 1.165) is 42.5 Å². The van der Waals surface area contributed by atoms with E-state index in [1.807, 2.05) is 0 Å². The van der Waals surface area contributed by atoms with Gasteiger partial charge in [0, 0.05) is 39.1 Å². The summed E-state index contributed by atoms with van der Waals surface area (Å²) in [6.07, 6.45) is 0. The van der Waals surface area contributed by atoms with E-state index >= 15 is 0 Å². The molecule has 0 saturated heterocycles. The quantitative estimate of drug-likeness (QED) is 0.0495. The van der Waals surface area contributed by atoms with Crippen LogP contribution in [0.1, 0.15) is 0 Å². The van der Waals surface area contributed by atoms with E-state index in [0.29, 0.717) is 5.39 Å². The number of benzene rings is 8. The van der Waals surface area contributed by atoms with Gasteiger partial charge in [0.2, 0.25) is 0 Å². The first-order valence-electron chi connectivity index (χ1n) is 18.0. The van der Waals surface area contributed by atoms with E-state index in [9.17, 15) is 67.2 Å². The summed E-state index contributed by atoms with van der Waals surface area (Å²) in [7, 11) is -19.1. The molecule has 65 heavy (non-hydrogen) atoms. The summed E-state index contributed by atoms with van der Waals surface area (Å²) in [5.41, 5.74) is -0.123. The first-order valence-corrected chi connectivity index (χ1v) is 23.8. The fourth-order valence-corrected chi connectivity index (χ4v) is 9.10. The molecule has 0 radical (unpaired) electrons. The molecule has 0 aliphatic rings. The second-order valence-electron chi connectivity index (χ2n) is 13.9. The average molecular weight is 959 g/mol. The molecule has 8 rings (SSSR count). The lowest BCUT2D eigenvalue weighted by atomic mass is 10.1. The third kappa shape index (κ3) is 8.80. The molecule has 25 heteroatoms. The van der Waals surface area contributed by atoms with Crippen molar-refractivity contribution < 1.29 is 67.2 Å². The molecule has 0 heterocycles. The lowest BCUT2D eigenvalue weighted by molar-refractivity contribution is 0.468. The van der Waals surface area contributed by atoms with Gasteiger partial charge in [-0.15, -0.1) is 25.6 Å². The smallest absolute Gasteiger partial charge is 0.295 e. The van der Waals surface area contributed by atoms with Crippen molar-refractivity contribution in [2.24, 2.45) is 30.7 Å². The minimum atomic E-state index is -4.91. The highest BCUT2D eigenvalue weighted by Gasteiger charge is 2.21. The number of hydrogen-bond donors (Lipinski definition) is 7. The molecule has 0 aliphatic carbocycles. The van der Waals surface area contributed by atoms with E-state index in [-0.39, 0.29) is 76.7 Å². The second-order valence-corrected chi connectivity index (χ2v) is 19.6. The highest BCUT2D eigenvalue weighted by atomic mass is 32.2. The number of azo groups is 3. The SMILES string of the molecule is O=S(=O)(O)c1ccc2c(N=Nc3ccc(N=Nc4ccc5cccc(S(=O)(=O)O)c5c4)c4c(O)cc(S(=O)(=O)O)cc34)ccc(N=Nc3ccc(O)c4cc(S(=O)(=O)O)cc(O)c34)c2c1. The Kier molecular flexibility index (Phi) is 10.9. The summed E-state index contributed by atoms with van der Waals surface area (Å²) in [6, 6.07) is 23.1. The normalized spacial score (nSPS) is 13.1. The fourth-order valence-electron chi connectivity index (χ4n) is 6.84. The molecule has 7 N–H and O–H groups in total. The highest BCUT2D eigenvalue weighted by molar-refractivity contribution is 7.86. The maximum atomic E-state index is 12.2. The lowest BCUT2D eigenvalue weighted by Gasteiger charge is -2.10. The maximum Gasteiger partial charge on any atom is 0.295 e. The van der Waals surface area contributed by atoms with Crippen molar-refractivity contribution in [1.82, 2.24) is 0 Å². The van der Waals surface area contributed by atoms with E-state index in [1.54, 1.807) is 6.07 Å². The molecule has 0 fully saturated rings. The molecular formula is C40H26N6O15S4. The topological polar surface area (TPSA) is 352 Å². The predicted molar refractivity (Wildman–Crippen MR) is 233 cm³/mol. The Labute approximate surface area is 366 Å². The molecule has 0 aromatic heterocycles. The van der Waals surface area contributed by atoms with Gasteiger partial charge in [-0.05, 0) is 84.2 Å². The van der Waals surface area contributed by atoms with Crippen LogP contribution in [0, 0.1) is 0 Å². The summed E-state index contributed by atoms with van der Waals surface area (Å²) in [6.45, 7) is 0. The third-order valence-corrected chi connectivity index (χ3v) is 13.2. The van der Waals surface area contributed by atoms with Gasteiger partial charge in [0.25, 0.3) is 40.5 Å². The van der Waals surface area contributed by atoms with Gasteiger partial charge >= 0.3 is 0 Å². The van der Waals surface area contributed by atoms with Crippen molar-refractivity contribution >= 4 is 118 Å². The minimum absolute atomic E-state index is 0.0191. The number of nitrogens with zero attached hydrogens (tertiary/aromatic N) is 6. The van der Waals surface area contributed by atoms with Crippen LogP contribution in [0.5, 0.6) is 17.2 Å². The van der Waals surface area contributed by atoms with Crippen LogP contribution < -0.4 is 0 Å². The van der Waals surface area contributed by atoms with Crippen LogP contribution in [-0.2, 0) is 40.5 Å². The summed E-state index contributed by atoms with van der Waals surface area (Å²) in [4.78, 5) is -2.39. The first kappa shape index (κ1) is 44.3. The molecule has 330 valence electrons. The zero-order valence-electron chi connectivity index (χ0n) is 32.2. The molecule has 0 atom stereocenters. The van der Waals surface area contributed by atoms with Crippen molar-refractivity contribution in [3.05, 3.63) is 115 Å². The van der Waals surface area contributed by atoms with Crippen molar-refractivity contribution in [1.29, 1.82) is 0 Å². The predicted octanol–water partition coefficient (Wildman–Crippen LogP) is 9.65. The Bertz CT molecular complexity index is 3940. The van der Waals surface area contributed by atoms with Gasteiger partial charge < -0.3 is 15.3 Å². The van der Waals surface area contributed by atoms with Crippen molar-refractivity contribution in [2.75, 3.05) is 0 Å². The Morgan fingerprint density at radius 1 is 0.338 bits per heavy atom. The summed E-state index contributed by atoms with van der Waals surface area (Å²) in [5.74, 6) is -1.86. The summed E-state index contributed by atoms with van der Waals surface area (Å²) >= 11 is 0. The molecule has 0 saturated carbocycles. The van der Waals surface area contributed by atoms with Gasteiger partial charge in [0.15, 0.2) is 0 Å². The largest absolute Gasteiger partial charge is 0.507 e. The van der Waals surface area contributed by atoms with Crippen molar-refractivity contribution in [3.63, 3.8) is 0 Å². The third-order valence-electron chi connectivity index (χ3n) is 9.79. The van der Waals surface area contributed by atoms with E-state index in [1.165, 1.54) is 66.7 Å². The second kappa shape index (κ2) is 16.0. The monoisotopic (exact) mass is 958 g/mol. The highest BCUT2D eigenvalue weighted by Crippen LogP contribution is 2.45. The van der Waals surface area contributed by atoms with E-state index < -0.39 is 72.4 Å². The number of hydrogen-bond acceptors (Lipinski definition) is 17. The zero-order valence-corrected chi connectivity index (χ0v) is 35.4. The standard InChI is InChI=1S/C40H26N6O15S4/c47-35-13-12-34(40-29(35)17-24(19-37(40)49)64(56,57)58)46-43-31-9-8-30(25-7-6-22(15-27(25)31)62(50,51)52)42-44-32-10-11-33(39-28(32)16-23(18-36(39)48)63(53,54)55)45-41-21-5-4-20-2-1-3-38(26(20)14-21)65(59,60)61/h1-19,47-49H,(H,50,51,52)(H,53,54,55)(H,56,57,58)(H,59,60,61). The summed E-state index contributed by atoms with van der Waals surface area (Å²) < 4.78 is 135. The molecule has 8 aromatic carbocycles. The number of aromatic hydroxyl groups is 3. The maximum absolute atomic E-state index is 12.2. The van der Waals surface area contributed by atoms with Crippen LogP contribution in [0.4, 0.5) is 34.1 Å². The number of rotatable bonds is 10. The molecule has 8 aromatic rings. The van der Waals surface area contributed by atoms with Gasteiger partial charge in [0.05, 0.1) is 59.6 Å². The van der Waals surface area contributed by atoms with Gasteiger partial charge in [-0.25, -0.2) is 0 Å². The lowest BCUT2D eigenvalue weighted by Crippen LogP contribution is -1.98. The van der Waals surface area contributed by atoms with E-state index in [2.05, 4.69) is 30.7 Å². The van der Waals surface area contributed by atoms with Gasteiger partial charge in [-0.3, -0.25) is 18.2 Å². The van der Waals surface area contributed by atoms with Crippen molar-refractivity contribution in [2.45, 2.75) is 19.6 Å². The molecule has 0 spiro atoms. The molecule has 0 bridgehead atoms. The average Bonchev–Trinajstić information content (AvgIpc) is 3.23. The number of fused-ring (bicyclic) bond motifs is 4. The molecular weight excluding hydrogens is 933 g/mol. The van der Waals surface area contributed by atoms with Crippen molar-refractivity contribution in [3.8, 4) is 17.2 Å². The van der Waals surface area contributed by atoms with Crippen LogP contribution in [0.25, 0.3) is 43.1 Å². The van der Waals surface area contributed by atoms with Crippen LogP contribution in [0.15, 0.2) is 166 Å². The molecule has 21 nitrogen and oxygen atoms in total. The van der Waals surface area contributed by atoms with Crippen LogP contribution >= 0.6 is 0 Å². The minimum Gasteiger partial charge on any atom is -0.507 e. The first-order chi connectivity index (χ1) is 30.5. The van der Waals surface area contributed by atoms with Gasteiger partial charge in [0.1, 0.15) is 22.1 Å². The van der Waals surface area contributed by atoms with Crippen LogP contribution in [0.3, 0.4) is 0 Å². The molecule has 0 amide bonds.